The van der Waals surface area contributed by atoms with Crippen molar-refractivity contribution in [1.29, 1.82) is 0 Å². The fraction of sp³-hybridized carbons (Fsp3) is 0.556. The molecule has 7 heteroatoms. The first kappa shape index (κ1) is 20.8. The molecule has 0 heterocycles. The van der Waals surface area contributed by atoms with Gasteiger partial charge in [0.1, 0.15) is 11.5 Å². The summed E-state index contributed by atoms with van der Waals surface area (Å²) in [6.45, 7) is 3.97. The van der Waals surface area contributed by atoms with Crippen molar-refractivity contribution >= 4 is 11.9 Å². The summed E-state index contributed by atoms with van der Waals surface area (Å²) in [4.78, 5) is 27.3. The zero-order valence-corrected chi connectivity index (χ0v) is 15.5. The molecule has 0 atom stereocenters. The van der Waals surface area contributed by atoms with Crippen LogP contribution in [0.1, 0.15) is 13.3 Å². The summed E-state index contributed by atoms with van der Waals surface area (Å²) in [7, 11) is 5.20. The Labute approximate surface area is 149 Å². The Morgan fingerprint density at radius 2 is 1.56 bits per heavy atom. The van der Waals surface area contributed by atoms with E-state index in [4.69, 9.17) is 9.47 Å². The Morgan fingerprint density at radius 3 is 2.08 bits per heavy atom. The number of esters is 1. The molecular formula is C18H28N2O5. The molecule has 0 bridgehead atoms. The Hall–Kier alpha value is -2.28. The SMILES string of the molecule is CCOc1ccc(OCC(=O)N(CCC(=O)OC)CCN(C)C)cc1. The molecule has 0 aromatic heterocycles. The smallest absolute Gasteiger partial charge is 0.307 e. The summed E-state index contributed by atoms with van der Waals surface area (Å²) in [6, 6.07) is 7.11. The normalized spacial score (nSPS) is 10.4. The highest BCUT2D eigenvalue weighted by atomic mass is 16.5. The second-order valence-corrected chi connectivity index (χ2v) is 5.70. The lowest BCUT2D eigenvalue weighted by Crippen LogP contribution is -2.40. The summed E-state index contributed by atoms with van der Waals surface area (Å²) in [5, 5.41) is 0. The number of hydrogen-bond donors (Lipinski definition) is 0. The van der Waals surface area contributed by atoms with E-state index in [1.165, 1.54) is 7.11 Å². The van der Waals surface area contributed by atoms with Crippen LogP contribution in [0.25, 0.3) is 0 Å². The molecule has 0 radical (unpaired) electrons. The van der Waals surface area contributed by atoms with Gasteiger partial charge in [0.15, 0.2) is 6.61 Å². The van der Waals surface area contributed by atoms with Gasteiger partial charge in [-0.3, -0.25) is 9.59 Å². The first-order valence-corrected chi connectivity index (χ1v) is 8.31. The van der Waals surface area contributed by atoms with E-state index >= 15 is 0 Å². The van der Waals surface area contributed by atoms with Gasteiger partial charge in [-0.05, 0) is 45.3 Å². The van der Waals surface area contributed by atoms with Crippen LogP contribution < -0.4 is 9.47 Å². The van der Waals surface area contributed by atoms with Crippen molar-refractivity contribution in [1.82, 2.24) is 9.80 Å². The minimum atomic E-state index is -0.338. The van der Waals surface area contributed by atoms with Crippen molar-refractivity contribution in [3.8, 4) is 11.5 Å². The van der Waals surface area contributed by atoms with Crippen LogP contribution >= 0.6 is 0 Å². The lowest BCUT2D eigenvalue weighted by atomic mass is 10.3. The van der Waals surface area contributed by atoms with Crippen molar-refractivity contribution in [3.63, 3.8) is 0 Å². The zero-order chi connectivity index (χ0) is 18.7. The summed E-state index contributed by atoms with van der Waals surface area (Å²) in [5.41, 5.74) is 0. The highest BCUT2D eigenvalue weighted by Crippen LogP contribution is 2.17. The Morgan fingerprint density at radius 1 is 0.960 bits per heavy atom. The molecule has 0 aliphatic rings. The molecule has 1 aromatic rings. The van der Waals surface area contributed by atoms with E-state index in [-0.39, 0.29) is 24.9 Å². The van der Waals surface area contributed by atoms with E-state index < -0.39 is 0 Å². The topological polar surface area (TPSA) is 68.3 Å². The van der Waals surface area contributed by atoms with E-state index in [1.54, 1.807) is 29.2 Å². The number of carbonyl (C=O) groups is 2. The van der Waals surface area contributed by atoms with Gasteiger partial charge < -0.3 is 24.0 Å². The van der Waals surface area contributed by atoms with Gasteiger partial charge in [0, 0.05) is 19.6 Å². The number of benzene rings is 1. The molecule has 7 nitrogen and oxygen atoms in total. The molecule has 140 valence electrons. The first-order chi connectivity index (χ1) is 12.0. The van der Waals surface area contributed by atoms with Gasteiger partial charge in [0.05, 0.1) is 20.1 Å². The number of likely N-dealkylation sites (N-methyl/N-ethyl adjacent to an activating group) is 1. The first-order valence-electron chi connectivity index (χ1n) is 8.31. The number of methoxy groups -OCH3 is 1. The number of rotatable bonds is 11. The fourth-order valence-electron chi connectivity index (χ4n) is 2.05. The summed E-state index contributed by atoms with van der Waals surface area (Å²) < 4.78 is 15.5. The Balaban J connectivity index is 2.55. The van der Waals surface area contributed by atoms with Crippen LogP contribution in [0.3, 0.4) is 0 Å². The molecule has 1 rings (SSSR count). The molecule has 0 saturated heterocycles. The lowest BCUT2D eigenvalue weighted by Gasteiger charge is -2.24. The molecule has 0 aliphatic carbocycles. The molecule has 0 fully saturated rings. The third kappa shape index (κ3) is 8.39. The maximum absolute atomic E-state index is 12.4. The molecule has 25 heavy (non-hydrogen) atoms. The number of hydrogen-bond acceptors (Lipinski definition) is 6. The summed E-state index contributed by atoms with van der Waals surface area (Å²) in [5.74, 6) is 0.846. The third-order valence-corrected chi connectivity index (χ3v) is 3.48. The van der Waals surface area contributed by atoms with Gasteiger partial charge >= 0.3 is 5.97 Å². The predicted octanol–water partition coefficient (Wildman–Crippen LogP) is 1.42. The molecular weight excluding hydrogens is 324 g/mol. The van der Waals surface area contributed by atoms with Crippen molar-refractivity contribution in [2.75, 3.05) is 54.1 Å². The fourth-order valence-corrected chi connectivity index (χ4v) is 2.05. The number of carbonyl (C=O) groups excluding carboxylic acids is 2. The molecule has 0 N–H and O–H groups in total. The van der Waals surface area contributed by atoms with E-state index in [9.17, 15) is 9.59 Å². The Kier molecular flexibility index (Phi) is 9.39. The van der Waals surface area contributed by atoms with Crippen LogP contribution in [-0.4, -0.2) is 75.7 Å². The molecule has 0 spiro atoms. The number of nitrogens with zero attached hydrogens (tertiary/aromatic N) is 2. The Bertz CT molecular complexity index is 531. The number of ether oxygens (including phenoxy) is 3. The van der Waals surface area contributed by atoms with E-state index in [0.29, 0.717) is 32.0 Å². The van der Waals surface area contributed by atoms with E-state index in [2.05, 4.69) is 4.74 Å². The zero-order valence-electron chi connectivity index (χ0n) is 15.5. The van der Waals surface area contributed by atoms with Crippen LogP contribution in [0.5, 0.6) is 11.5 Å². The maximum atomic E-state index is 12.4. The van der Waals surface area contributed by atoms with Crippen molar-refractivity contribution in [3.05, 3.63) is 24.3 Å². The van der Waals surface area contributed by atoms with Gasteiger partial charge in [-0.2, -0.15) is 0 Å². The van der Waals surface area contributed by atoms with Gasteiger partial charge in [0.25, 0.3) is 5.91 Å². The van der Waals surface area contributed by atoms with Gasteiger partial charge in [-0.1, -0.05) is 0 Å². The third-order valence-electron chi connectivity index (χ3n) is 3.48. The molecule has 1 amide bonds. The number of amides is 1. The summed E-state index contributed by atoms with van der Waals surface area (Å²) in [6.07, 6.45) is 0.165. The monoisotopic (exact) mass is 352 g/mol. The molecule has 1 aromatic carbocycles. The van der Waals surface area contributed by atoms with Gasteiger partial charge in [-0.25, -0.2) is 0 Å². The van der Waals surface area contributed by atoms with Crippen LogP contribution in [0.2, 0.25) is 0 Å². The predicted molar refractivity (Wildman–Crippen MR) is 94.9 cm³/mol. The minimum Gasteiger partial charge on any atom is -0.494 e. The largest absolute Gasteiger partial charge is 0.494 e. The van der Waals surface area contributed by atoms with Crippen molar-refractivity contribution < 1.29 is 23.8 Å². The van der Waals surface area contributed by atoms with Crippen LogP contribution in [0.4, 0.5) is 0 Å². The standard InChI is InChI=1S/C18H28N2O5/c1-5-24-15-6-8-16(9-7-15)25-14-17(21)20(13-12-19(2)3)11-10-18(22)23-4/h6-9H,5,10-14H2,1-4H3. The second kappa shape index (κ2) is 11.3. The maximum Gasteiger partial charge on any atom is 0.307 e. The molecule has 0 unspecified atom stereocenters. The van der Waals surface area contributed by atoms with E-state index in [1.807, 2.05) is 25.9 Å². The lowest BCUT2D eigenvalue weighted by molar-refractivity contribution is -0.142. The van der Waals surface area contributed by atoms with Crippen LogP contribution in [0, 0.1) is 0 Å². The minimum absolute atomic E-state index is 0.0808. The van der Waals surface area contributed by atoms with E-state index in [0.717, 1.165) is 5.75 Å². The average molecular weight is 352 g/mol. The van der Waals surface area contributed by atoms with Crippen LogP contribution in [0.15, 0.2) is 24.3 Å². The van der Waals surface area contributed by atoms with Gasteiger partial charge in [-0.15, -0.1) is 0 Å². The van der Waals surface area contributed by atoms with Crippen LogP contribution in [-0.2, 0) is 14.3 Å². The van der Waals surface area contributed by atoms with Crippen molar-refractivity contribution in [2.45, 2.75) is 13.3 Å². The summed E-state index contributed by atoms with van der Waals surface area (Å²) >= 11 is 0. The van der Waals surface area contributed by atoms with Gasteiger partial charge in [0.2, 0.25) is 0 Å². The molecule has 0 saturated carbocycles. The highest BCUT2D eigenvalue weighted by Gasteiger charge is 2.16. The van der Waals surface area contributed by atoms with Crippen molar-refractivity contribution in [2.24, 2.45) is 0 Å². The quantitative estimate of drug-likeness (QED) is 0.561. The second-order valence-electron chi connectivity index (χ2n) is 5.70. The molecule has 0 aliphatic heterocycles. The average Bonchev–Trinajstić information content (AvgIpc) is 2.60. The highest BCUT2D eigenvalue weighted by molar-refractivity contribution is 5.78.